The molecule has 0 spiro atoms. The maximum Gasteiger partial charge on any atom is 0.0985 e. The molecule has 3 heteroatoms. The van der Waals surface area contributed by atoms with E-state index in [2.05, 4.69) is 18.7 Å². The fraction of sp³-hybridized carbons (Fsp3) is 1.00. The summed E-state index contributed by atoms with van der Waals surface area (Å²) in [7, 11) is 0. The Morgan fingerprint density at radius 1 is 1.53 bits per heavy atom. The van der Waals surface area contributed by atoms with Gasteiger partial charge in [0.1, 0.15) is 0 Å². The molecule has 1 rings (SSSR count). The highest BCUT2D eigenvalue weighted by molar-refractivity contribution is 4.82. The van der Waals surface area contributed by atoms with Gasteiger partial charge in [-0.2, -0.15) is 0 Å². The standard InChI is InChI=1S/C12H24FNO/c1-10(13)4-6-14-7-5-11(15)8-12(2,3)9-14/h10-11,15H,4-9H2,1-3H3/t10-,11+/m1/s1. The summed E-state index contributed by atoms with van der Waals surface area (Å²) >= 11 is 0. The van der Waals surface area contributed by atoms with Crippen LogP contribution in [0.1, 0.15) is 40.0 Å². The zero-order chi connectivity index (χ0) is 11.5. The molecule has 1 saturated heterocycles. The quantitative estimate of drug-likeness (QED) is 0.783. The second-order valence-electron chi connectivity index (χ2n) is 5.66. The summed E-state index contributed by atoms with van der Waals surface area (Å²) < 4.78 is 12.8. The highest BCUT2D eigenvalue weighted by Crippen LogP contribution is 2.28. The second-order valence-corrected chi connectivity index (χ2v) is 5.66. The summed E-state index contributed by atoms with van der Waals surface area (Å²) in [6.45, 7) is 8.64. The number of alkyl halides is 1. The predicted octanol–water partition coefficient (Wildman–Crippen LogP) is 2.22. The SMILES string of the molecule is C[C@@H](F)CCN1CC[C@H](O)CC(C)(C)C1. The van der Waals surface area contributed by atoms with Gasteiger partial charge in [0.05, 0.1) is 12.3 Å². The monoisotopic (exact) mass is 217 g/mol. The zero-order valence-electron chi connectivity index (χ0n) is 10.2. The van der Waals surface area contributed by atoms with Crippen molar-refractivity contribution in [3.63, 3.8) is 0 Å². The molecule has 1 aliphatic rings. The summed E-state index contributed by atoms with van der Waals surface area (Å²) in [5.74, 6) is 0. The van der Waals surface area contributed by atoms with E-state index in [0.29, 0.717) is 6.42 Å². The Morgan fingerprint density at radius 2 is 2.20 bits per heavy atom. The topological polar surface area (TPSA) is 23.5 Å². The van der Waals surface area contributed by atoms with Crippen LogP contribution in [0.15, 0.2) is 0 Å². The average Bonchev–Trinajstić information content (AvgIpc) is 2.20. The molecule has 0 bridgehead atoms. The first-order valence-electron chi connectivity index (χ1n) is 5.93. The predicted molar refractivity (Wildman–Crippen MR) is 60.6 cm³/mol. The molecule has 2 atom stereocenters. The molecule has 0 aliphatic carbocycles. The first-order chi connectivity index (χ1) is 6.89. The van der Waals surface area contributed by atoms with E-state index in [1.165, 1.54) is 0 Å². The van der Waals surface area contributed by atoms with Gasteiger partial charge in [0.15, 0.2) is 0 Å². The van der Waals surface area contributed by atoms with Crippen molar-refractivity contribution < 1.29 is 9.50 Å². The molecule has 0 amide bonds. The Morgan fingerprint density at radius 3 is 2.80 bits per heavy atom. The van der Waals surface area contributed by atoms with Crippen LogP contribution in [0, 0.1) is 5.41 Å². The van der Waals surface area contributed by atoms with E-state index in [0.717, 1.165) is 32.5 Å². The Bertz CT molecular complexity index is 194. The molecule has 0 radical (unpaired) electrons. The van der Waals surface area contributed by atoms with Crippen molar-refractivity contribution in [3.05, 3.63) is 0 Å². The number of hydrogen-bond donors (Lipinski definition) is 1. The van der Waals surface area contributed by atoms with Gasteiger partial charge < -0.3 is 10.0 Å². The fourth-order valence-electron chi connectivity index (χ4n) is 2.37. The molecule has 0 aromatic heterocycles. The molecule has 1 N–H and O–H groups in total. The molecule has 1 fully saturated rings. The van der Waals surface area contributed by atoms with E-state index in [1.54, 1.807) is 6.92 Å². The molecular formula is C12H24FNO. The van der Waals surface area contributed by atoms with Gasteiger partial charge in [0.2, 0.25) is 0 Å². The lowest BCUT2D eigenvalue weighted by Gasteiger charge is -2.29. The third kappa shape index (κ3) is 4.94. The van der Waals surface area contributed by atoms with Gasteiger partial charge >= 0.3 is 0 Å². The largest absolute Gasteiger partial charge is 0.393 e. The summed E-state index contributed by atoms with van der Waals surface area (Å²) in [4.78, 5) is 2.28. The van der Waals surface area contributed by atoms with Crippen molar-refractivity contribution in [3.8, 4) is 0 Å². The van der Waals surface area contributed by atoms with Crippen LogP contribution in [0.4, 0.5) is 4.39 Å². The third-order valence-corrected chi connectivity index (χ3v) is 3.06. The number of aliphatic hydroxyl groups excluding tert-OH is 1. The van der Waals surface area contributed by atoms with Crippen LogP contribution >= 0.6 is 0 Å². The van der Waals surface area contributed by atoms with E-state index in [-0.39, 0.29) is 11.5 Å². The minimum Gasteiger partial charge on any atom is -0.393 e. The fourth-order valence-corrected chi connectivity index (χ4v) is 2.37. The van der Waals surface area contributed by atoms with E-state index in [9.17, 15) is 9.50 Å². The normalized spacial score (nSPS) is 29.8. The van der Waals surface area contributed by atoms with E-state index < -0.39 is 6.17 Å². The van der Waals surface area contributed by atoms with Crippen LogP contribution in [0.25, 0.3) is 0 Å². The molecule has 0 aromatic carbocycles. The Kier molecular flexibility index (Phi) is 4.53. The van der Waals surface area contributed by atoms with Crippen LogP contribution in [0.3, 0.4) is 0 Å². The third-order valence-electron chi connectivity index (χ3n) is 3.06. The highest BCUT2D eigenvalue weighted by atomic mass is 19.1. The van der Waals surface area contributed by atoms with Crippen molar-refractivity contribution in [1.29, 1.82) is 0 Å². The smallest absolute Gasteiger partial charge is 0.0985 e. The minimum atomic E-state index is -0.721. The van der Waals surface area contributed by atoms with Crippen molar-refractivity contribution in [1.82, 2.24) is 4.90 Å². The Labute approximate surface area is 92.5 Å². The number of aliphatic hydroxyl groups is 1. The van der Waals surface area contributed by atoms with E-state index in [1.807, 2.05) is 0 Å². The molecule has 1 aliphatic heterocycles. The lowest BCUT2D eigenvalue weighted by molar-refractivity contribution is 0.121. The maximum atomic E-state index is 12.8. The summed E-state index contributed by atoms with van der Waals surface area (Å²) in [5, 5.41) is 9.72. The molecule has 0 saturated carbocycles. The number of hydrogen-bond acceptors (Lipinski definition) is 2. The second kappa shape index (κ2) is 5.26. The van der Waals surface area contributed by atoms with E-state index in [4.69, 9.17) is 0 Å². The van der Waals surface area contributed by atoms with Crippen molar-refractivity contribution in [2.24, 2.45) is 5.41 Å². The molecule has 0 aromatic rings. The average molecular weight is 217 g/mol. The number of nitrogens with zero attached hydrogens (tertiary/aromatic N) is 1. The van der Waals surface area contributed by atoms with Gasteiger partial charge in [0.25, 0.3) is 0 Å². The molecule has 1 heterocycles. The van der Waals surface area contributed by atoms with Crippen LogP contribution in [-0.4, -0.2) is 41.9 Å². The Balaban J connectivity index is 2.44. The number of rotatable bonds is 3. The van der Waals surface area contributed by atoms with E-state index >= 15 is 0 Å². The number of likely N-dealkylation sites (tertiary alicyclic amines) is 1. The van der Waals surface area contributed by atoms with Gasteiger partial charge in [-0.25, -0.2) is 4.39 Å². The molecule has 90 valence electrons. The summed E-state index contributed by atoms with van der Waals surface area (Å²) in [6.07, 6.45) is 1.37. The van der Waals surface area contributed by atoms with Gasteiger partial charge in [-0.3, -0.25) is 0 Å². The molecule has 0 unspecified atom stereocenters. The van der Waals surface area contributed by atoms with Gasteiger partial charge in [0, 0.05) is 19.6 Å². The lowest BCUT2D eigenvalue weighted by Crippen LogP contribution is -2.34. The Hall–Kier alpha value is -0.150. The highest BCUT2D eigenvalue weighted by Gasteiger charge is 2.28. The lowest BCUT2D eigenvalue weighted by atomic mass is 9.87. The van der Waals surface area contributed by atoms with Crippen LogP contribution in [-0.2, 0) is 0 Å². The van der Waals surface area contributed by atoms with Crippen molar-refractivity contribution in [2.45, 2.75) is 52.3 Å². The van der Waals surface area contributed by atoms with Crippen LogP contribution in [0.5, 0.6) is 0 Å². The summed E-state index contributed by atoms with van der Waals surface area (Å²) in [5.41, 5.74) is 0.148. The van der Waals surface area contributed by atoms with Crippen molar-refractivity contribution in [2.75, 3.05) is 19.6 Å². The van der Waals surface area contributed by atoms with Crippen LogP contribution < -0.4 is 0 Å². The van der Waals surface area contributed by atoms with Gasteiger partial charge in [-0.15, -0.1) is 0 Å². The molecular weight excluding hydrogens is 193 g/mol. The van der Waals surface area contributed by atoms with Crippen molar-refractivity contribution >= 4 is 0 Å². The zero-order valence-corrected chi connectivity index (χ0v) is 10.2. The van der Waals surface area contributed by atoms with Gasteiger partial charge in [-0.05, 0) is 31.6 Å². The van der Waals surface area contributed by atoms with Crippen LogP contribution in [0.2, 0.25) is 0 Å². The number of halogens is 1. The first kappa shape index (κ1) is 12.9. The first-order valence-corrected chi connectivity index (χ1v) is 5.93. The molecule has 2 nitrogen and oxygen atoms in total. The maximum absolute atomic E-state index is 12.8. The minimum absolute atomic E-state index is 0.148. The summed E-state index contributed by atoms with van der Waals surface area (Å²) in [6, 6.07) is 0. The molecule has 15 heavy (non-hydrogen) atoms. The van der Waals surface area contributed by atoms with Gasteiger partial charge in [-0.1, -0.05) is 13.8 Å².